The number of nitrogens with one attached hydrogen (secondary N) is 1. The van der Waals surface area contributed by atoms with E-state index in [-0.39, 0.29) is 23.7 Å². The Morgan fingerprint density at radius 1 is 1.15 bits per heavy atom. The van der Waals surface area contributed by atoms with Crippen LogP contribution in [0, 0.1) is 24.0 Å². The van der Waals surface area contributed by atoms with Crippen LogP contribution in [0.15, 0.2) is 59.0 Å². The molecule has 0 radical (unpaired) electrons. The van der Waals surface area contributed by atoms with Crippen molar-refractivity contribution in [3.8, 4) is 5.75 Å². The summed E-state index contributed by atoms with van der Waals surface area (Å²) in [5.74, 6) is 0.705. The van der Waals surface area contributed by atoms with Crippen molar-refractivity contribution in [2.24, 2.45) is 0 Å². The minimum absolute atomic E-state index is 0.0488. The summed E-state index contributed by atoms with van der Waals surface area (Å²) in [5, 5.41) is 13.5. The fourth-order valence-electron chi connectivity index (χ4n) is 2.51. The summed E-state index contributed by atoms with van der Waals surface area (Å²) in [5.41, 5.74) is 2.01. The topological polar surface area (TPSA) is 94.6 Å². The van der Waals surface area contributed by atoms with E-state index < -0.39 is 10.8 Å². The van der Waals surface area contributed by atoms with E-state index in [9.17, 15) is 14.9 Å². The maximum Gasteiger partial charge on any atom is 0.292 e. The Morgan fingerprint density at radius 3 is 2.70 bits per heavy atom. The summed E-state index contributed by atoms with van der Waals surface area (Å²) >= 11 is 0. The normalized spacial score (nSPS) is 10.4. The smallest absolute Gasteiger partial charge is 0.292 e. The van der Waals surface area contributed by atoms with E-state index in [0.717, 1.165) is 16.9 Å². The molecule has 7 nitrogen and oxygen atoms in total. The van der Waals surface area contributed by atoms with Gasteiger partial charge in [0.25, 0.3) is 11.6 Å². The van der Waals surface area contributed by atoms with Crippen LogP contribution >= 0.6 is 0 Å². The van der Waals surface area contributed by atoms with E-state index in [0.29, 0.717) is 5.76 Å². The average Bonchev–Trinajstić information content (AvgIpc) is 3.12. The Kier molecular flexibility index (Phi) is 5.21. The van der Waals surface area contributed by atoms with Gasteiger partial charge in [0, 0.05) is 6.07 Å². The van der Waals surface area contributed by atoms with E-state index in [2.05, 4.69) is 5.32 Å². The van der Waals surface area contributed by atoms with Crippen molar-refractivity contribution in [1.82, 2.24) is 0 Å². The lowest BCUT2D eigenvalue weighted by molar-refractivity contribution is -0.383. The molecule has 1 amide bonds. The van der Waals surface area contributed by atoms with Gasteiger partial charge >= 0.3 is 0 Å². The van der Waals surface area contributed by atoms with E-state index in [1.54, 1.807) is 12.1 Å². The highest BCUT2D eigenvalue weighted by atomic mass is 16.6. The first-order valence-electron chi connectivity index (χ1n) is 8.27. The number of furan rings is 1. The van der Waals surface area contributed by atoms with Gasteiger partial charge in [-0.25, -0.2) is 0 Å². The molecule has 0 aliphatic heterocycles. The predicted molar refractivity (Wildman–Crippen MR) is 100 cm³/mol. The molecular weight excluding hydrogens is 348 g/mol. The number of hydrogen-bond donors (Lipinski definition) is 1. The number of rotatable bonds is 6. The first-order chi connectivity index (χ1) is 12.9. The van der Waals surface area contributed by atoms with Crippen LogP contribution < -0.4 is 10.1 Å². The highest BCUT2D eigenvalue weighted by Crippen LogP contribution is 2.24. The molecule has 0 bridgehead atoms. The third kappa shape index (κ3) is 4.33. The van der Waals surface area contributed by atoms with Gasteiger partial charge in [0.05, 0.1) is 4.92 Å². The maximum atomic E-state index is 12.3. The van der Waals surface area contributed by atoms with E-state index in [4.69, 9.17) is 9.15 Å². The van der Waals surface area contributed by atoms with Crippen LogP contribution in [0.25, 0.3) is 0 Å². The van der Waals surface area contributed by atoms with Crippen molar-refractivity contribution >= 4 is 17.3 Å². The quantitative estimate of drug-likeness (QED) is 0.507. The molecule has 3 aromatic rings. The number of aryl methyl sites for hydroxylation is 2. The molecular formula is C20H18N2O5. The molecule has 0 unspecified atom stereocenters. The zero-order valence-electron chi connectivity index (χ0n) is 14.9. The van der Waals surface area contributed by atoms with Crippen LogP contribution in [-0.4, -0.2) is 10.8 Å². The molecule has 1 aromatic heterocycles. The number of benzene rings is 2. The standard InChI is InChI=1S/C20H18N2O5/c1-13-7-8-14(2)19(11-13)26-12-15-9-10-18(27-15)20(23)21-16-5-3-4-6-17(16)22(24)25/h3-11H,12H2,1-2H3,(H,21,23). The lowest BCUT2D eigenvalue weighted by Gasteiger charge is -2.08. The van der Waals surface area contributed by atoms with Crippen LogP contribution in [0.2, 0.25) is 0 Å². The van der Waals surface area contributed by atoms with Gasteiger partial charge in [-0.15, -0.1) is 0 Å². The molecule has 1 N–H and O–H groups in total. The van der Waals surface area contributed by atoms with E-state index in [1.165, 1.54) is 24.3 Å². The Morgan fingerprint density at radius 2 is 1.93 bits per heavy atom. The minimum Gasteiger partial charge on any atom is -0.485 e. The molecule has 138 valence electrons. The molecule has 7 heteroatoms. The number of amides is 1. The number of nitro groups is 1. The lowest BCUT2D eigenvalue weighted by atomic mass is 10.1. The molecule has 2 aromatic carbocycles. The van der Waals surface area contributed by atoms with Crippen molar-refractivity contribution in [3.05, 3.63) is 87.4 Å². The van der Waals surface area contributed by atoms with Crippen LogP contribution in [0.4, 0.5) is 11.4 Å². The Hall–Kier alpha value is -3.61. The number of nitrogens with zero attached hydrogens (tertiary/aromatic N) is 1. The fourth-order valence-corrected chi connectivity index (χ4v) is 2.51. The Bertz CT molecular complexity index is 994. The number of anilines is 1. The monoisotopic (exact) mass is 366 g/mol. The summed E-state index contributed by atoms with van der Waals surface area (Å²) in [6.45, 7) is 4.09. The first kappa shape index (κ1) is 18.2. The van der Waals surface area contributed by atoms with Gasteiger partial charge in [-0.1, -0.05) is 24.3 Å². The molecule has 0 spiro atoms. The molecule has 0 saturated heterocycles. The number of ether oxygens (including phenoxy) is 1. The van der Waals surface area contributed by atoms with Gasteiger partial charge in [-0.05, 0) is 49.2 Å². The summed E-state index contributed by atoms with van der Waals surface area (Å²) in [6.07, 6.45) is 0. The van der Waals surface area contributed by atoms with Crippen LogP contribution in [0.3, 0.4) is 0 Å². The van der Waals surface area contributed by atoms with Crippen LogP contribution in [0.1, 0.15) is 27.4 Å². The molecule has 1 heterocycles. The van der Waals surface area contributed by atoms with E-state index in [1.807, 2.05) is 32.0 Å². The number of carbonyl (C=O) groups excluding carboxylic acids is 1. The van der Waals surface area contributed by atoms with Gasteiger partial charge < -0.3 is 14.5 Å². The van der Waals surface area contributed by atoms with Crippen molar-refractivity contribution in [1.29, 1.82) is 0 Å². The van der Waals surface area contributed by atoms with Crippen LogP contribution in [0.5, 0.6) is 5.75 Å². The summed E-state index contributed by atoms with van der Waals surface area (Å²) < 4.78 is 11.3. The van der Waals surface area contributed by atoms with Crippen molar-refractivity contribution < 1.29 is 18.9 Å². The van der Waals surface area contributed by atoms with Crippen molar-refractivity contribution in [3.63, 3.8) is 0 Å². The van der Waals surface area contributed by atoms with Gasteiger partial charge in [-0.2, -0.15) is 0 Å². The summed E-state index contributed by atoms with van der Waals surface area (Å²) in [4.78, 5) is 22.8. The number of para-hydroxylation sites is 2. The van der Waals surface area contributed by atoms with Crippen molar-refractivity contribution in [2.75, 3.05) is 5.32 Å². The number of nitro benzene ring substituents is 1. The summed E-state index contributed by atoms with van der Waals surface area (Å²) in [6, 6.07) is 15.0. The Labute approximate surface area is 155 Å². The second kappa shape index (κ2) is 7.74. The Balaban J connectivity index is 1.68. The molecule has 27 heavy (non-hydrogen) atoms. The second-order valence-corrected chi connectivity index (χ2v) is 6.05. The maximum absolute atomic E-state index is 12.3. The fraction of sp³-hybridized carbons (Fsp3) is 0.150. The largest absolute Gasteiger partial charge is 0.485 e. The number of carbonyl (C=O) groups is 1. The minimum atomic E-state index is -0.567. The molecule has 0 atom stereocenters. The van der Waals surface area contributed by atoms with Gasteiger partial charge in [0.15, 0.2) is 5.76 Å². The highest BCUT2D eigenvalue weighted by molar-refractivity contribution is 6.03. The van der Waals surface area contributed by atoms with Gasteiger partial charge in [-0.3, -0.25) is 14.9 Å². The first-order valence-corrected chi connectivity index (χ1v) is 8.27. The lowest BCUT2D eigenvalue weighted by Crippen LogP contribution is -2.12. The van der Waals surface area contributed by atoms with Crippen LogP contribution in [-0.2, 0) is 6.61 Å². The molecule has 0 aliphatic carbocycles. The van der Waals surface area contributed by atoms with Crippen molar-refractivity contribution in [2.45, 2.75) is 20.5 Å². The zero-order valence-corrected chi connectivity index (χ0v) is 14.9. The third-order valence-electron chi connectivity index (χ3n) is 3.95. The molecule has 0 saturated carbocycles. The van der Waals surface area contributed by atoms with Gasteiger partial charge in [0.2, 0.25) is 0 Å². The SMILES string of the molecule is Cc1ccc(C)c(OCc2ccc(C(=O)Nc3ccccc3[N+](=O)[O-])o2)c1. The zero-order chi connectivity index (χ0) is 19.4. The highest BCUT2D eigenvalue weighted by Gasteiger charge is 2.18. The molecule has 3 rings (SSSR count). The molecule has 0 aliphatic rings. The van der Waals surface area contributed by atoms with Gasteiger partial charge in [0.1, 0.15) is 23.8 Å². The van der Waals surface area contributed by atoms with E-state index >= 15 is 0 Å². The number of hydrogen-bond acceptors (Lipinski definition) is 5. The second-order valence-electron chi connectivity index (χ2n) is 6.05. The third-order valence-corrected chi connectivity index (χ3v) is 3.95. The predicted octanol–water partition coefficient (Wildman–Crippen LogP) is 4.64. The molecule has 0 fully saturated rings. The average molecular weight is 366 g/mol. The summed E-state index contributed by atoms with van der Waals surface area (Å²) in [7, 11) is 0.